The quantitative estimate of drug-likeness (QED) is 0.739. The molecule has 0 aromatic carbocycles. The minimum Gasteiger partial charge on any atom is -0.730 e. The van der Waals surface area contributed by atoms with Crippen molar-refractivity contribution in [3.05, 3.63) is 11.3 Å². The summed E-state index contributed by atoms with van der Waals surface area (Å²) >= 11 is 0. The second-order valence-electron chi connectivity index (χ2n) is 4.51. The minimum atomic E-state index is -4.35. The van der Waals surface area contributed by atoms with E-state index in [1.807, 2.05) is 13.8 Å². The lowest BCUT2D eigenvalue weighted by molar-refractivity contribution is -0.804. The molecule has 1 atom stereocenters. The van der Waals surface area contributed by atoms with Crippen LogP contribution in [0.4, 0.5) is 0 Å². The minimum absolute atomic E-state index is 0.227. The van der Waals surface area contributed by atoms with Crippen LogP contribution in [0, 0.1) is 0 Å². The molecule has 1 fully saturated rings. The molecule has 0 aromatic heterocycles. The molecule has 0 aliphatic carbocycles. The third-order valence-electron chi connectivity index (χ3n) is 3.39. The van der Waals surface area contributed by atoms with Crippen LogP contribution in [0.5, 0.6) is 0 Å². The van der Waals surface area contributed by atoms with Gasteiger partial charge in [0.1, 0.15) is 5.70 Å². The summed E-state index contributed by atoms with van der Waals surface area (Å²) in [4.78, 5) is 21.0. The van der Waals surface area contributed by atoms with Gasteiger partial charge in [0.15, 0.2) is 0 Å². The van der Waals surface area contributed by atoms with E-state index in [1.165, 1.54) is 0 Å². The van der Waals surface area contributed by atoms with E-state index in [0.717, 1.165) is 30.5 Å². The normalized spacial score (nSPS) is 24.3. The predicted octanol–water partition coefficient (Wildman–Crippen LogP) is 1.76. The number of nitrogens with zero attached hydrogens (tertiary/aromatic N) is 1. The highest BCUT2D eigenvalue weighted by Gasteiger charge is 2.41. The largest absolute Gasteiger partial charge is 0.730 e. The van der Waals surface area contributed by atoms with E-state index in [1.54, 1.807) is 6.92 Å². The Morgan fingerprint density at radius 2 is 1.67 bits per heavy atom. The lowest BCUT2D eigenvalue weighted by Crippen LogP contribution is -2.49. The maximum absolute atomic E-state index is 11.6. The molecule has 88 valence electrons. The van der Waals surface area contributed by atoms with Crippen molar-refractivity contribution < 1.29 is 18.6 Å². The van der Waals surface area contributed by atoms with Crippen molar-refractivity contribution in [2.45, 2.75) is 40.0 Å². The summed E-state index contributed by atoms with van der Waals surface area (Å²) in [5.74, 6) is 0. The Balaban J connectivity index is 3.18. The second kappa shape index (κ2) is 4.38. The molecule has 4 nitrogen and oxygen atoms in total. The Labute approximate surface area is 91.4 Å². The monoisotopic (exact) mass is 233 g/mol. The maximum Gasteiger partial charge on any atom is 0.330 e. The fraction of sp³-hybridized carbons (Fsp3) is 0.800. The zero-order chi connectivity index (χ0) is 11.7. The molecule has 1 aliphatic heterocycles. The second-order valence-corrected chi connectivity index (χ2v) is 6.25. The van der Waals surface area contributed by atoms with E-state index in [2.05, 4.69) is 0 Å². The fourth-order valence-corrected chi connectivity index (χ4v) is 3.60. The van der Waals surface area contributed by atoms with Crippen LogP contribution in [0.3, 0.4) is 0 Å². The number of piperidine rings is 1. The van der Waals surface area contributed by atoms with Gasteiger partial charge in [0.05, 0.1) is 13.1 Å². The Bertz CT molecular complexity index is 309. The van der Waals surface area contributed by atoms with E-state index >= 15 is 0 Å². The van der Waals surface area contributed by atoms with Crippen molar-refractivity contribution in [1.29, 1.82) is 0 Å². The molecule has 5 heteroatoms. The Kier molecular flexibility index (Phi) is 3.77. The summed E-state index contributed by atoms with van der Waals surface area (Å²) in [6, 6.07) is 0. The van der Waals surface area contributed by atoms with Gasteiger partial charge < -0.3 is 9.79 Å². The highest BCUT2D eigenvalue weighted by molar-refractivity contribution is 7.44. The molecule has 1 aliphatic rings. The summed E-state index contributed by atoms with van der Waals surface area (Å²) in [7, 11) is -4.35. The third kappa shape index (κ3) is 2.34. The van der Waals surface area contributed by atoms with E-state index in [4.69, 9.17) is 0 Å². The van der Waals surface area contributed by atoms with Crippen LogP contribution < -0.4 is 4.89 Å². The molecule has 0 bridgehead atoms. The number of allylic oxidation sites excluding steroid dienone is 2. The molecule has 0 aromatic rings. The van der Waals surface area contributed by atoms with Gasteiger partial charge in [-0.25, -0.2) is 8.82 Å². The van der Waals surface area contributed by atoms with Gasteiger partial charge in [0.2, 0.25) is 0 Å². The average molecular weight is 233 g/mol. The van der Waals surface area contributed by atoms with Gasteiger partial charge in [-0.15, -0.1) is 0 Å². The highest BCUT2D eigenvalue weighted by Crippen LogP contribution is 2.51. The number of quaternary nitrogens is 1. The summed E-state index contributed by atoms with van der Waals surface area (Å²) < 4.78 is 11.3. The van der Waals surface area contributed by atoms with Crippen LogP contribution >= 0.6 is 7.75 Å². The van der Waals surface area contributed by atoms with Crippen molar-refractivity contribution in [3.8, 4) is 0 Å². The molecule has 0 radical (unpaired) electrons. The smallest absolute Gasteiger partial charge is 0.330 e. The van der Waals surface area contributed by atoms with E-state index in [9.17, 15) is 14.4 Å². The summed E-state index contributed by atoms with van der Waals surface area (Å²) in [5.41, 5.74) is 1.75. The molecule has 1 heterocycles. The number of likely N-dealkylation sites (tertiary alicyclic amines) is 1. The standard InChI is InChI=1S/C10H20NO3P/c1-9(2)10(3)11(15(12,13)14)7-5-4-6-8-11/h4-8H2,1-3H3,(H-,12,13,14). The van der Waals surface area contributed by atoms with Crippen molar-refractivity contribution in [3.63, 3.8) is 0 Å². The summed E-state index contributed by atoms with van der Waals surface area (Å²) in [6.07, 6.45) is 2.77. The first-order chi connectivity index (χ1) is 6.81. The zero-order valence-corrected chi connectivity index (χ0v) is 10.6. The van der Waals surface area contributed by atoms with Crippen molar-refractivity contribution in [2.24, 2.45) is 0 Å². The molecule has 15 heavy (non-hydrogen) atoms. The van der Waals surface area contributed by atoms with Gasteiger partial charge in [-0.1, -0.05) is 0 Å². The summed E-state index contributed by atoms with van der Waals surface area (Å²) in [5, 5.41) is 0. The van der Waals surface area contributed by atoms with Crippen molar-refractivity contribution >= 4 is 7.75 Å². The van der Waals surface area contributed by atoms with Crippen LogP contribution in [-0.4, -0.2) is 22.2 Å². The SMILES string of the molecule is CC(C)=C(C)[N+]1(P(=O)([O-])O)CCCCC1. The Morgan fingerprint density at radius 3 is 2.00 bits per heavy atom. The van der Waals surface area contributed by atoms with Crippen molar-refractivity contribution in [1.82, 2.24) is 0 Å². The maximum atomic E-state index is 11.6. The highest BCUT2D eigenvalue weighted by atomic mass is 31.2. The van der Waals surface area contributed by atoms with E-state index in [-0.39, 0.29) is 4.25 Å². The number of rotatable bonds is 2. The lowest BCUT2D eigenvalue weighted by Gasteiger charge is -2.46. The van der Waals surface area contributed by atoms with Gasteiger partial charge in [-0.3, -0.25) is 0 Å². The first-order valence-electron chi connectivity index (χ1n) is 5.37. The molecular formula is C10H20NO3P. The van der Waals surface area contributed by atoms with Crippen LogP contribution in [0.15, 0.2) is 11.3 Å². The lowest BCUT2D eigenvalue weighted by atomic mass is 10.1. The first-order valence-corrected chi connectivity index (χ1v) is 6.90. The molecule has 1 unspecified atom stereocenters. The van der Waals surface area contributed by atoms with Gasteiger partial charge in [-0.2, -0.15) is 0 Å². The van der Waals surface area contributed by atoms with E-state index < -0.39 is 7.75 Å². The molecule has 1 rings (SSSR count). The third-order valence-corrected chi connectivity index (χ3v) is 5.06. The molecule has 1 saturated heterocycles. The van der Waals surface area contributed by atoms with Crippen LogP contribution in [0.1, 0.15) is 40.0 Å². The molecule has 0 spiro atoms. The predicted molar refractivity (Wildman–Crippen MR) is 57.7 cm³/mol. The van der Waals surface area contributed by atoms with Gasteiger partial charge >= 0.3 is 7.75 Å². The van der Waals surface area contributed by atoms with E-state index in [0.29, 0.717) is 13.1 Å². The van der Waals surface area contributed by atoms with Crippen molar-refractivity contribution in [2.75, 3.05) is 13.1 Å². The topological polar surface area (TPSA) is 60.4 Å². The summed E-state index contributed by atoms with van der Waals surface area (Å²) in [6.45, 7) is 6.60. The van der Waals surface area contributed by atoms with Crippen LogP contribution in [0.2, 0.25) is 0 Å². The Morgan fingerprint density at radius 1 is 1.20 bits per heavy atom. The average Bonchev–Trinajstić information content (AvgIpc) is 2.16. The number of hydrogen-bond acceptors (Lipinski definition) is 2. The molecule has 0 saturated carbocycles. The Hall–Kier alpha value is -0.150. The zero-order valence-electron chi connectivity index (χ0n) is 9.69. The molecule has 1 N–H and O–H groups in total. The molecule has 0 amide bonds. The van der Waals surface area contributed by atoms with Gasteiger partial charge in [-0.05, 0) is 38.7 Å². The first kappa shape index (κ1) is 12.9. The van der Waals surface area contributed by atoms with Crippen LogP contribution in [0.25, 0.3) is 0 Å². The molecular weight excluding hydrogens is 213 g/mol. The van der Waals surface area contributed by atoms with Crippen LogP contribution in [-0.2, 0) is 4.57 Å². The van der Waals surface area contributed by atoms with Gasteiger partial charge in [0.25, 0.3) is 0 Å². The fourth-order valence-electron chi connectivity index (χ4n) is 2.23. The number of hydrogen-bond donors (Lipinski definition) is 1. The van der Waals surface area contributed by atoms with Gasteiger partial charge in [0, 0.05) is 6.92 Å².